The van der Waals surface area contributed by atoms with E-state index in [0.717, 1.165) is 12.1 Å². The standard InChI is InChI=1S/C40H64N6O21/c47-43(48)35-1-3-37(39(33-35)45(51)52)41-5-7-55-9-11-57-13-15-59-17-19-61-21-23-63-25-27-65-29-31-67-32-30-66-28-26-64-24-22-62-20-18-60-16-14-58-12-10-56-8-6-42-38-4-2-36(44(49)50)34-40(38)46(53)54/h1-4,33-34,41-42H,5-32H2. The van der Waals surface area contributed by atoms with Crippen molar-refractivity contribution >= 4 is 34.1 Å². The number of rotatable bonds is 48. The van der Waals surface area contributed by atoms with Crippen LogP contribution in [0, 0.1) is 40.5 Å². The lowest BCUT2D eigenvalue weighted by atomic mass is 10.2. The number of non-ortho nitro benzene ring substituents is 2. The fourth-order valence-corrected chi connectivity index (χ4v) is 5.13. The topological polar surface area (TPSA) is 317 Å². The van der Waals surface area contributed by atoms with Crippen LogP contribution in [-0.2, 0) is 61.6 Å². The zero-order valence-electron chi connectivity index (χ0n) is 37.6. The minimum atomic E-state index is -0.688. The molecule has 2 aromatic carbocycles. The molecular formula is C40H64N6O21. The number of nitrogens with one attached hydrogen (secondary N) is 2. The van der Waals surface area contributed by atoms with Crippen LogP contribution in [0.25, 0.3) is 0 Å². The summed E-state index contributed by atoms with van der Waals surface area (Å²) in [6.45, 7) is 10.9. The Balaban J connectivity index is 1.18. The Bertz CT molecular complexity index is 1520. The number of nitro groups is 4. The maximum Gasteiger partial charge on any atom is 0.299 e. The van der Waals surface area contributed by atoms with Crippen molar-refractivity contribution in [1.82, 2.24) is 0 Å². The monoisotopic (exact) mass is 964 g/mol. The van der Waals surface area contributed by atoms with E-state index in [4.69, 9.17) is 61.6 Å². The van der Waals surface area contributed by atoms with Crippen LogP contribution in [0.4, 0.5) is 34.1 Å². The summed E-state index contributed by atoms with van der Waals surface area (Å²) in [4.78, 5) is 41.3. The molecule has 2 rings (SSSR count). The third-order valence-electron chi connectivity index (χ3n) is 8.37. The fraction of sp³-hybridized carbons (Fsp3) is 0.700. The number of nitrogens with zero attached hydrogens (tertiary/aromatic N) is 4. The van der Waals surface area contributed by atoms with Crippen molar-refractivity contribution in [3.05, 3.63) is 76.9 Å². The Morgan fingerprint density at radius 2 is 0.493 bits per heavy atom. The van der Waals surface area contributed by atoms with E-state index in [9.17, 15) is 40.5 Å². The molecular weight excluding hydrogens is 900 g/mol. The number of benzene rings is 2. The highest BCUT2D eigenvalue weighted by Gasteiger charge is 2.20. The van der Waals surface area contributed by atoms with Gasteiger partial charge in [-0.1, -0.05) is 0 Å². The molecule has 0 saturated heterocycles. The number of hydrogen-bond donors (Lipinski definition) is 2. The van der Waals surface area contributed by atoms with E-state index in [1.165, 1.54) is 24.3 Å². The average molecular weight is 965 g/mol. The number of hydrogen-bond acceptors (Lipinski definition) is 23. The zero-order chi connectivity index (χ0) is 48.4. The summed E-state index contributed by atoms with van der Waals surface area (Å²) in [6, 6.07) is 6.81. The molecule has 0 bridgehead atoms. The Labute approximate surface area is 387 Å². The molecule has 0 aliphatic rings. The molecule has 0 aliphatic heterocycles. The van der Waals surface area contributed by atoms with Crippen LogP contribution in [0.1, 0.15) is 0 Å². The molecule has 27 nitrogen and oxygen atoms in total. The predicted molar refractivity (Wildman–Crippen MR) is 237 cm³/mol. The largest absolute Gasteiger partial charge is 0.377 e. The first-order chi connectivity index (χ1) is 32.7. The van der Waals surface area contributed by atoms with E-state index in [0.29, 0.717) is 159 Å². The summed E-state index contributed by atoms with van der Waals surface area (Å²) >= 11 is 0. The van der Waals surface area contributed by atoms with Gasteiger partial charge in [0.15, 0.2) is 0 Å². The van der Waals surface area contributed by atoms with Gasteiger partial charge in [-0.3, -0.25) is 40.5 Å². The van der Waals surface area contributed by atoms with Crippen molar-refractivity contribution in [2.45, 2.75) is 0 Å². The third-order valence-corrected chi connectivity index (χ3v) is 8.37. The van der Waals surface area contributed by atoms with Crippen LogP contribution < -0.4 is 10.6 Å². The maximum absolute atomic E-state index is 11.2. The molecule has 0 heterocycles. The molecule has 0 aliphatic carbocycles. The molecule has 67 heavy (non-hydrogen) atoms. The molecule has 0 spiro atoms. The summed E-state index contributed by atoms with van der Waals surface area (Å²) in [5.41, 5.74) is -1.12. The van der Waals surface area contributed by atoms with E-state index in [-0.39, 0.29) is 60.4 Å². The van der Waals surface area contributed by atoms with Gasteiger partial charge in [-0.2, -0.15) is 0 Å². The maximum atomic E-state index is 11.2. The summed E-state index contributed by atoms with van der Waals surface area (Å²) < 4.78 is 70.9. The minimum Gasteiger partial charge on any atom is -0.377 e. The Hall–Kier alpha value is -4.88. The highest BCUT2D eigenvalue weighted by molar-refractivity contribution is 5.66. The molecule has 380 valence electrons. The lowest BCUT2D eigenvalue weighted by Gasteiger charge is -2.09. The summed E-state index contributed by atoms with van der Waals surface area (Å²) in [5, 5.41) is 49.7. The second kappa shape index (κ2) is 40.2. The summed E-state index contributed by atoms with van der Waals surface area (Å²) in [6.07, 6.45) is 0. The number of nitro benzene ring substituents is 4. The first-order valence-electron chi connectivity index (χ1n) is 21.5. The molecule has 0 saturated carbocycles. The zero-order valence-corrected chi connectivity index (χ0v) is 37.6. The average Bonchev–Trinajstić information content (AvgIpc) is 3.31. The second-order valence-electron chi connectivity index (χ2n) is 13.2. The van der Waals surface area contributed by atoms with E-state index in [1.54, 1.807) is 0 Å². The van der Waals surface area contributed by atoms with Gasteiger partial charge in [0.1, 0.15) is 11.4 Å². The van der Waals surface area contributed by atoms with Crippen LogP contribution in [0.5, 0.6) is 0 Å². The van der Waals surface area contributed by atoms with Crippen molar-refractivity contribution in [3.8, 4) is 0 Å². The molecule has 0 radical (unpaired) electrons. The van der Waals surface area contributed by atoms with Gasteiger partial charge in [-0.25, -0.2) is 0 Å². The van der Waals surface area contributed by atoms with Gasteiger partial charge >= 0.3 is 0 Å². The van der Waals surface area contributed by atoms with Crippen LogP contribution in [0.15, 0.2) is 36.4 Å². The Kier molecular flexibility index (Phi) is 35.0. The Morgan fingerprint density at radius 1 is 0.299 bits per heavy atom. The van der Waals surface area contributed by atoms with Gasteiger partial charge < -0.3 is 72.2 Å². The fourth-order valence-electron chi connectivity index (χ4n) is 5.13. The molecule has 2 N–H and O–H groups in total. The van der Waals surface area contributed by atoms with Gasteiger partial charge in [0.2, 0.25) is 0 Å². The SMILES string of the molecule is O=[N+]([O-])c1ccc(NCCOCCOCCOCCOCCOCCOCCOCCOCCOCCOCCOCCOCCOCCNc2ccc([N+](=O)[O-])cc2[N+](=O)[O-])c([N+](=O)[O-])c1. The highest BCUT2D eigenvalue weighted by atomic mass is 16.6. The minimum absolute atomic E-state index is 0.174. The lowest BCUT2D eigenvalue weighted by Crippen LogP contribution is -2.16. The van der Waals surface area contributed by atoms with Crippen molar-refractivity contribution in [1.29, 1.82) is 0 Å². The van der Waals surface area contributed by atoms with Crippen LogP contribution in [0.2, 0.25) is 0 Å². The van der Waals surface area contributed by atoms with Crippen molar-refractivity contribution < 1.29 is 81.3 Å². The van der Waals surface area contributed by atoms with Crippen molar-refractivity contribution in [3.63, 3.8) is 0 Å². The van der Waals surface area contributed by atoms with Gasteiger partial charge in [-0.15, -0.1) is 0 Å². The first kappa shape index (κ1) is 58.2. The molecule has 0 unspecified atom stereocenters. The van der Waals surface area contributed by atoms with Gasteiger partial charge in [-0.05, 0) is 12.1 Å². The van der Waals surface area contributed by atoms with E-state index >= 15 is 0 Å². The van der Waals surface area contributed by atoms with E-state index < -0.39 is 19.7 Å². The number of ether oxygens (including phenoxy) is 13. The van der Waals surface area contributed by atoms with Crippen molar-refractivity contribution in [2.75, 3.05) is 196 Å². The third kappa shape index (κ3) is 30.9. The van der Waals surface area contributed by atoms with E-state index in [2.05, 4.69) is 10.6 Å². The summed E-state index contributed by atoms with van der Waals surface area (Å²) in [5.74, 6) is 0. The van der Waals surface area contributed by atoms with Gasteiger partial charge in [0.05, 0.1) is 204 Å². The molecule has 0 aromatic heterocycles. The van der Waals surface area contributed by atoms with Gasteiger partial charge in [0.25, 0.3) is 22.7 Å². The molecule has 0 amide bonds. The Morgan fingerprint density at radius 3 is 0.672 bits per heavy atom. The van der Waals surface area contributed by atoms with Crippen molar-refractivity contribution in [2.24, 2.45) is 0 Å². The normalized spacial score (nSPS) is 11.2. The predicted octanol–water partition coefficient (Wildman–Crippen LogP) is 3.06. The molecule has 2 aromatic rings. The van der Waals surface area contributed by atoms with Crippen LogP contribution >= 0.6 is 0 Å². The molecule has 0 fully saturated rings. The second-order valence-corrected chi connectivity index (χ2v) is 13.2. The van der Waals surface area contributed by atoms with Crippen LogP contribution in [0.3, 0.4) is 0 Å². The number of anilines is 2. The smallest absolute Gasteiger partial charge is 0.299 e. The first-order valence-corrected chi connectivity index (χ1v) is 21.5. The molecule has 0 atom stereocenters. The lowest BCUT2D eigenvalue weighted by molar-refractivity contribution is -0.393. The highest BCUT2D eigenvalue weighted by Crippen LogP contribution is 2.29. The quantitative estimate of drug-likeness (QED) is 0.0547. The van der Waals surface area contributed by atoms with Gasteiger partial charge in [0, 0.05) is 25.2 Å². The van der Waals surface area contributed by atoms with E-state index in [1.807, 2.05) is 0 Å². The summed E-state index contributed by atoms with van der Waals surface area (Å²) in [7, 11) is 0. The van der Waals surface area contributed by atoms with Crippen LogP contribution in [-0.4, -0.2) is 205 Å². The molecule has 27 heteroatoms.